The molecule has 5 nitrogen and oxygen atoms in total. The summed E-state index contributed by atoms with van der Waals surface area (Å²) >= 11 is 0. The van der Waals surface area contributed by atoms with Crippen molar-refractivity contribution in [3.63, 3.8) is 0 Å². The Bertz CT molecular complexity index is 750. The number of nitrogens with one attached hydrogen (secondary N) is 1. The molecule has 1 saturated heterocycles. The van der Waals surface area contributed by atoms with Gasteiger partial charge in [-0.25, -0.2) is 0 Å². The molecule has 2 heterocycles. The highest BCUT2D eigenvalue weighted by Gasteiger charge is 2.24. The Kier molecular flexibility index (Phi) is 5.00. The van der Waals surface area contributed by atoms with Crippen molar-refractivity contribution in [3.05, 3.63) is 35.5 Å². The molecule has 1 aliphatic heterocycles. The molecule has 0 amide bonds. The lowest BCUT2D eigenvalue weighted by molar-refractivity contribution is -0.137. The molecule has 1 unspecified atom stereocenters. The standard InChI is InChI=1S/C19H24N2O3/c1-13-19(15-6-2-3-7-16(15)20-13)17(22)12-21-10-4-5-14(11-21)8-9-18(23)24/h2-3,6-7,14,20H,4-5,8-12H2,1H3,(H,23,24). The van der Waals surface area contributed by atoms with E-state index in [0.29, 0.717) is 18.9 Å². The van der Waals surface area contributed by atoms with Gasteiger partial charge in [-0.15, -0.1) is 0 Å². The van der Waals surface area contributed by atoms with Gasteiger partial charge in [0.25, 0.3) is 0 Å². The second-order valence-electron chi connectivity index (χ2n) is 6.77. The van der Waals surface area contributed by atoms with Gasteiger partial charge in [0.2, 0.25) is 0 Å². The third-order valence-electron chi connectivity index (χ3n) is 4.91. The van der Waals surface area contributed by atoms with E-state index in [-0.39, 0.29) is 12.2 Å². The Hall–Kier alpha value is -2.14. The molecule has 1 aromatic carbocycles. The van der Waals surface area contributed by atoms with Crippen LogP contribution in [0.3, 0.4) is 0 Å². The highest BCUT2D eigenvalue weighted by Crippen LogP contribution is 2.25. The maximum absolute atomic E-state index is 12.8. The largest absolute Gasteiger partial charge is 0.481 e. The average Bonchev–Trinajstić information content (AvgIpc) is 2.89. The van der Waals surface area contributed by atoms with Crippen LogP contribution in [-0.4, -0.2) is 46.4 Å². The van der Waals surface area contributed by atoms with Gasteiger partial charge in [-0.1, -0.05) is 18.2 Å². The van der Waals surface area contributed by atoms with Crippen molar-refractivity contribution in [2.24, 2.45) is 5.92 Å². The maximum Gasteiger partial charge on any atom is 0.303 e. The summed E-state index contributed by atoms with van der Waals surface area (Å²) in [4.78, 5) is 29.0. The van der Waals surface area contributed by atoms with E-state index in [1.807, 2.05) is 31.2 Å². The molecule has 0 spiro atoms. The SMILES string of the molecule is Cc1[nH]c2ccccc2c1C(=O)CN1CCCC(CCC(=O)O)C1. The van der Waals surface area contributed by atoms with Crippen LogP contribution in [0.15, 0.2) is 24.3 Å². The normalized spacial score (nSPS) is 18.8. The minimum atomic E-state index is -0.738. The summed E-state index contributed by atoms with van der Waals surface area (Å²) in [6.07, 6.45) is 3.01. The number of aromatic nitrogens is 1. The number of aryl methyl sites for hydroxylation is 1. The minimum absolute atomic E-state index is 0.142. The van der Waals surface area contributed by atoms with Gasteiger partial charge in [0.1, 0.15) is 0 Å². The zero-order valence-electron chi connectivity index (χ0n) is 14.0. The number of carbonyl (C=O) groups is 2. The van der Waals surface area contributed by atoms with Gasteiger partial charge in [0.05, 0.1) is 6.54 Å². The zero-order chi connectivity index (χ0) is 17.1. The van der Waals surface area contributed by atoms with Crippen LogP contribution < -0.4 is 0 Å². The molecule has 0 bridgehead atoms. The summed E-state index contributed by atoms with van der Waals surface area (Å²) in [7, 11) is 0. The number of hydrogen-bond acceptors (Lipinski definition) is 3. The summed E-state index contributed by atoms with van der Waals surface area (Å²) in [6.45, 7) is 4.09. The fraction of sp³-hybridized carbons (Fsp3) is 0.474. The second kappa shape index (κ2) is 7.18. The number of benzene rings is 1. The number of aromatic amines is 1. The number of aliphatic carboxylic acids is 1. The van der Waals surface area contributed by atoms with Crippen LogP contribution in [0.25, 0.3) is 10.9 Å². The van der Waals surface area contributed by atoms with E-state index in [2.05, 4.69) is 9.88 Å². The third kappa shape index (κ3) is 3.67. The number of carbonyl (C=O) groups excluding carboxylic acids is 1. The molecule has 3 rings (SSSR count). The van der Waals surface area contributed by atoms with Crippen LogP contribution in [0.1, 0.15) is 41.7 Å². The van der Waals surface area contributed by atoms with Gasteiger partial charge in [0, 0.05) is 35.1 Å². The van der Waals surface area contributed by atoms with E-state index in [1.165, 1.54) is 0 Å². The molecule has 1 fully saturated rings. The summed E-state index contributed by atoms with van der Waals surface area (Å²) in [5, 5.41) is 9.83. The quantitative estimate of drug-likeness (QED) is 0.799. The molecule has 0 radical (unpaired) electrons. The van der Waals surface area contributed by atoms with E-state index in [9.17, 15) is 9.59 Å². The first-order valence-corrected chi connectivity index (χ1v) is 8.59. The first kappa shape index (κ1) is 16.7. The summed E-state index contributed by atoms with van der Waals surface area (Å²) < 4.78 is 0. The molecule has 1 atom stereocenters. The van der Waals surface area contributed by atoms with Gasteiger partial charge < -0.3 is 10.1 Å². The number of nitrogens with zero attached hydrogens (tertiary/aromatic N) is 1. The molecule has 2 N–H and O–H groups in total. The van der Waals surface area contributed by atoms with Crippen molar-refractivity contribution in [1.29, 1.82) is 0 Å². The van der Waals surface area contributed by atoms with Crippen LogP contribution in [0.4, 0.5) is 0 Å². The van der Waals surface area contributed by atoms with Crippen molar-refractivity contribution >= 4 is 22.7 Å². The zero-order valence-corrected chi connectivity index (χ0v) is 14.0. The second-order valence-corrected chi connectivity index (χ2v) is 6.77. The molecule has 2 aromatic rings. The number of hydrogen-bond donors (Lipinski definition) is 2. The van der Waals surface area contributed by atoms with Crippen molar-refractivity contribution in [1.82, 2.24) is 9.88 Å². The first-order valence-electron chi connectivity index (χ1n) is 8.59. The lowest BCUT2D eigenvalue weighted by atomic mass is 9.93. The molecule has 128 valence electrons. The van der Waals surface area contributed by atoms with E-state index in [1.54, 1.807) is 0 Å². The first-order chi connectivity index (χ1) is 11.5. The lowest BCUT2D eigenvalue weighted by Crippen LogP contribution is -2.39. The number of ketones is 1. The van der Waals surface area contributed by atoms with Gasteiger partial charge in [-0.05, 0) is 44.7 Å². The van der Waals surface area contributed by atoms with E-state index < -0.39 is 5.97 Å². The van der Waals surface area contributed by atoms with Gasteiger partial charge in [-0.3, -0.25) is 14.5 Å². The van der Waals surface area contributed by atoms with E-state index in [0.717, 1.165) is 48.1 Å². The van der Waals surface area contributed by atoms with Crippen molar-refractivity contribution in [2.45, 2.75) is 32.6 Å². The Labute approximate surface area is 141 Å². The maximum atomic E-state index is 12.8. The monoisotopic (exact) mass is 328 g/mol. The van der Waals surface area contributed by atoms with Crippen molar-refractivity contribution < 1.29 is 14.7 Å². The van der Waals surface area contributed by atoms with E-state index >= 15 is 0 Å². The van der Waals surface area contributed by atoms with Crippen LogP contribution in [-0.2, 0) is 4.79 Å². The molecule has 1 aliphatic rings. The number of Topliss-reactive ketones (excluding diaryl/α,β-unsaturated/α-hetero) is 1. The predicted octanol–water partition coefficient (Wildman–Crippen LogP) is 3.24. The molecule has 1 aromatic heterocycles. The molecule has 0 aliphatic carbocycles. The number of piperidine rings is 1. The Morgan fingerprint density at radius 1 is 1.33 bits per heavy atom. The van der Waals surface area contributed by atoms with Crippen LogP contribution in [0.2, 0.25) is 0 Å². The molecular formula is C19H24N2O3. The third-order valence-corrected chi connectivity index (χ3v) is 4.91. The fourth-order valence-electron chi connectivity index (χ4n) is 3.78. The van der Waals surface area contributed by atoms with Crippen LogP contribution >= 0.6 is 0 Å². The number of rotatable bonds is 6. The minimum Gasteiger partial charge on any atom is -0.481 e. The number of para-hydroxylation sites is 1. The topological polar surface area (TPSA) is 73.4 Å². The van der Waals surface area contributed by atoms with Crippen molar-refractivity contribution in [3.8, 4) is 0 Å². The predicted molar refractivity (Wildman–Crippen MR) is 93.4 cm³/mol. The van der Waals surface area contributed by atoms with Crippen LogP contribution in [0, 0.1) is 12.8 Å². The number of carboxylic acid groups (broad SMARTS) is 1. The Morgan fingerprint density at radius 3 is 2.92 bits per heavy atom. The number of H-pyrrole nitrogens is 1. The highest BCUT2D eigenvalue weighted by molar-refractivity contribution is 6.10. The van der Waals surface area contributed by atoms with Gasteiger partial charge in [-0.2, -0.15) is 0 Å². The molecule has 5 heteroatoms. The average molecular weight is 328 g/mol. The highest BCUT2D eigenvalue weighted by atomic mass is 16.4. The number of carboxylic acids is 1. The number of likely N-dealkylation sites (tertiary alicyclic amines) is 1. The molecule has 24 heavy (non-hydrogen) atoms. The van der Waals surface area contributed by atoms with Gasteiger partial charge in [0.15, 0.2) is 5.78 Å². The summed E-state index contributed by atoms with van der Waals surface area (Å²) in [5.41, 5.74) is 2.70. The van der Waals surface area contributed by atoms with E-state index in [4.69, 9.17) is 5.11 Å². The van der Waals surface area contributed by atoms with Gasteiger partial charge >= 0.3 is 5.97 Å². The fourth-order valence-corrected chi connectivity index (χ4v) is 3.78. The Morgan fingerprint density at radius 2 is 2.12 bits per heavy atom. The van der Waals surface area contributed by atoms with Crippen LogP contribution in [0.5, 0.6) is 0 Å². The van der Waals surface area contributed by atoms with Crippen molar-refractivity contribution in [2.75, 3.05) is 19.6 Å². The lowest BCUT2D eigenvalue weighted by Gasteiger charge is -2.32. The smallest absolute Gasteiger partial charge is 0.303 e. The molecular weight excluding hydrogens is 304 g/mol. The molecule has 0 saturated carbocycles. The number of fused-ring (bicyclic) bond motifs is 1. The summed E-state index contributed by atoms with van der Waals surface area (Å²) in [6, 6.07) is 7.89. The summed E-state index contributed by atoms with van der Waals surface area (Å²) in [5.74, 6) is -0.215. The Balaban J connectivity index is 1.67.